The van der Waals surface area contributed by atoms with Crippen LogP contribution in [0.4, 0.5) is 0 Å². The van der Waals surface area contributed by atoms with E-state index in [0.29, 0.717) is 5.57 Å². The molecule has 0 amide bonds. The largest absolute Gasteiger partial charge is 0.346 e. The maximum Gasteiger partial charge on any atom is 0.242 e. The van der Waals surface area contributed by atoms with Gasteiger partial charge in [0.1, 0.15) is 5.60 Å². The monoisotopic (exact) mass is 283 g/mol. The molecule has 0 aromatic heterocycles. The van der Waals surface area contributed by atoms with Gasteiger partial charge in [0.15, 0.2) is 11.6 Å². The van der Waals surface area contributed by atoms with E-state index in [-0.39, 0.29) is 11.6 Å². The van der Waals surface area contributed by atoms with Crippen molar-refractivity contribution in [2.45, 2.75) is 52.9 Å². The van der Waals surface area contributed by atoms with Crippen LogP contribution in [-0.2, 0) is 24.1 Å². The molecule has 1 heterocycles. The van der Waals surface area contributed by atoms with Gasteiger partial charge in [-0.05, 0) is 47.6 Å². The minimum absolute atomic E-state index is 0.225. The summed E-state index contributed by atoms with van der Waals surface area (Å²) in [5, 5.41) is 0. The second kappa shape index (κ2) is 4.00. The lowest BCUT2D eigenvalue weighted by atomic mass is 9.57. The van der Waals surface area contributed by atoms with Crippen LogP contribution in [0, 0.1) is 10.8 Å². The number of carbonyl (C=O) groups excluding carboxylic acids is 2. The van der Waals surface area contributed by atoms with Gasteiger partial charge in [0, 0.05) is 7.11 Å². The van der Waals surface area contributed by atoms with E-state index in [4.69, 9.17) is 14.5 Å². The maximum atomic E-state index is 12.7. The topological polar surface area (TPSA) is 61.8 Å². The lowest BCUT2D eigenvalue weighted by molar-refractivity contribution is -0.466. The van der Waals surface area contributed by atoms with Gasteiger partial charge >= 0.3 is 0 Å². The summed E-state index contributed by atoms with van der Waals surface area (Å²) in [6.45, 7) is 10.3. The van der Waals surface area contributed by atoms with Crippen LogP contribution in [0.15, 0.2) is 11.6 Å². The molecule has 1 fully saturated rings. The molecule has 1 aliphatic heterocycles. The SMILES string of the molecule is CC1(C)C=C2C(=O)C(C)(C)C(=O)C(C)(C)C2(O[13CH3])OO1. The Labute approximate surface area is 119 Å². The normalized spacial score (nSPS) is 34.5. The molecule has 0 spiro atoms. The fourth-order valence-corrected chi connectivity index (χ4v) is 3.10. The van der Waals surface area contributed by atoms with Crippen molar-refractivity contribution in [2.75, 3.05) is 7.11 Å². The predicted octanol–water partition coefficient (Wildman–Crippen LogP) is 2.20. The van der Waals surface area contributed by atoms with Crippen LogP contribution in [0.1, 0.15) is 41.5 Å². The molecule has 1 aliphatic carbocycles. The lowest BCUT2D eigenvalue weighted by Gasteiger charge is -2.53. The van der Waals surface area contributed by atoms with Crippen molar-refractivity contribution in [3.63, 3.8) is 0 Å². The second-order valence-electron chi connectivity index (χ2n) is 7.06. The Kier molecular flexibility index (Phi) is 3.07. The van der Waals surface area contributed by atoms with Gasteiger partial charge in [-0.25, -0.2) is 4.89 Å². The number of methoxy groups -OCH3 is 1. The molecule has 5 nitrogen and oxygen atoms in total. The van der Waals surface area contributed by atoms with Crippen molar-refractivity contribution in [3.8, 4) is 0 Å². The third-order valence-electron chi connectivity index (χ3n) is 4.28. The van der Waals surface area contributed by atoms with Crippen LogP contribution in [0.3, 0.4) is 0 Å². The highest BCUT2D eigenvalue weighted by Gasteiger charge is 2.68. The van der Waals surface area contributed by atoms with Crippen molar-refractivity contribution < 1.29 is 24.1 Å². The number of ether oxygens (including phenoxy) is 1. The highest BCUT2D eigenvalue weighted by molar-refractivity contribution is 6.19. The van der Waals surface area contributed by atoms with Gasteiger partial charge < -0.3 is 4.74 Å². The first-order chi connectivity index (χ1) is 8.92. The zero-order valence-electron chi connectivity index (χ0n) is 13.1. The molecule has 0 N–H and O–H groups in total. The molecular weight excluding hydrogens is 261 g/mol. The number of rotatable bonds is 1. The van der Waals surface area contributed by atoms with Crippen molar-refractivity contribution in [3.05, 3.63) is 11.6 Å². The summed E-state index contributed by atoms with van der Waals surface area (Å²) in [5.74, 6) is -2.00. The Hall–Kier alpha value is -1.04. The molecular formula is C15H22O5. The first-order valence-electron chi connectivity index (χ1n) is 6.67. The minimum atomic E-state index is -1.49. The maximum absolute atomic E-state index is 12.7. The smallest absolute Gasteiger partial charge is 0.242 e. The molecule has 2 rings (SSSR count). The van der Waals surface area contributed by atoms with Gasteiger partial charge in [0.25, 0.3) is 0 Å². The Balaban J connectivity index is 2.75. The Morgan fingerprint density at radius 1 is 1.00 bits per heavy atom. The predicted molar refractivity (Wildman–Crippen MR) is 71.6 cm³/mol. The number of carbonyl (C=O) groups is 2. The molecule has 5 heteroatoms. The van der Waals surface area contributed by atoms with E-state index in [1.54, 1.807) is 47.6 Å². The van der Waals surface area contributed by atoms with Crippen LogP contribution in [0.5, 0.6) is 0 Å². The van der Waals surface area contributed by atoms with E-state index in [1.807, 2.05) is 0 Å². The third kappa shape index (κ3) is 1.66. The molecule has 1 saturated carbocycles. The van der Waals surface area contributed by atoms with Crippen molar-refractivity contribution in [1.82, 2.24) is 0 Å². The molecule has 2 aliphatic rings. The van der Waals surface area contributed by atoms with Crippen molar-refractivity contribution in [2.24, 2.45) is 10.8 Å². The lowest BCUT2D eigenvalue weighted by Crippen LogP contribution is -2.67. The highest BCUT2D eigenvalue weighted by Crippen LogP contribution is 2.54. The van der Waals surface area contributed by atoms with Crippen LogP contribution in [0.25, 0.3) is 0 Å². The van der Waals surface area contributed by atoms with E-state index in [1.165, 1.54) is 7.11 Å². The summed E-state index contributed by atoms with van der Waals surface area (Å²) in [6, 6.07) is 0. The summed E-state index contributed by atoms with van der Waals surface area (Å²) < 4.78 is 5.47. The summed E-state index contributed by atoms with van der Waals surface area (Å²) in [5.41, 5.74) is -2.54. The molecule has 0 radical (unpaired) electrons. The van der Waals surface area contributed by atoms with Crippen LogP contribution in [0.2, 0.25) is 0 Å². The van der Waals surface area contributed by atoms with Gasteiger partial charge in [-0.15, -0.1) is 0 Å². The van der Waals surface area contributed by atoms with Gasteiger partial charge in [0.2, 0.25) is 5.79 Å². The Bertz CT molecular complexity index is 512. The standard InChI is InChI=1S/C15H22O5/c1-12(2)8-9-10(16)13(3,4)11(17)14(5,6)15(9,18-7)20-19-12/h8H,1-7H3/i7+1. The fourth-order valence-electron chi connectivity index (χ4n) is 3.10. The summed E-state index contributed by atoms with van der Waals surface area (Å²) in [6.07, 6.45) is 1.69. The molecule has 0 aromatic carbocycles. The first kappa shape index (κ1) is 15.4. The average Bonchev–Trinajstić information content (AvgIpc) is 2.34. The highest BCUT2D eigenvalue weighted by atomic mass is 17.2. The molecule has 1 atom stereocenters. The Morgan fingerprint density at radius 3 is 2.05 bits per heavy atom. The Morgan fingerprint density at radius 2 is 1.55 bits per heavy atom. The molecule has 0 saturated heterocycles. The average molecular weight is 283 g/mol. The van der Waals surface area contributed by atoms with E-state index >= 15 is 0 Å². The van der Waals surface area contributed by atoms with Crippen molar-refractivity contribution in [1.29, 1.82) is 0 Å². The molecule has 1 unspecified atom stereocenters. The number of Topliss-reactive ketones (excluding diaryl/α,β-unsaturated/α-hetero) is 2. The van der Waals surface area contributed by atoms with Gasteiger partial charge in [-0.1, -0.05) is 0 Å². The van der Waals surface area contributed by atoms with E-state index < -0.39 is 22.2 Å². The molecule has 20 heavy (non-hydrogen) atoms. The first-order valence-corrected chi connectivity index (χ1v) is 6.67. The van der Waals surface area contributed by atoms with Crippen molar-refractivity contribution >= 4 is 11.6 Å². The number of fused-ring (bicyclic) bond motifs is 1. The minimum Gasteiger partial charge on any atom is -0.346 e. The van der Waals surface area contributed by atoms with E-state index in [9.17, 15) is 9.59 Å². The number of hydrogen-bond donors (Lipinski definition) is 0. The number of ketones is 2. The summed E-state index contributed by atoms with van der Waals surface area (Å²) in [7, 11) is 1.41. The molecule has 0 bridgehead atoms. The molecule has 112 valence electrons. The van der Waals surface area contributed by atoms with Crippen LogP contribution in [-0.4, -0.2) is 30.1 Å². The van der Waals surface area contributed by atoms with Crippen LogP contribution >= 0.6 is 0 Å². The summed E-state index contributed by atoms with van der Waals surface area (Å²) in [4.78, 5) is 36.2. The zero-order valence-corrected chi connectivity index (χ0v) is 13.1. The van der Waals surface area contributed by atoms with Gasteiger partial charge in [0.05, 0.1) is 16.4 Å². The van der Waals surface area contributed by atoms with Gasteiger partial charge in [-0.2, -0.15) is 4.89 Å². The van der Waals surface area contributed by atoms with E-state index in [0.717, 1.165) is 0 Å². The summed E-state index contributed by atoms with van der Waals surface area (Å²) >= 11 is 0. The second-order valence-corrected chi connectivity index (χ2v) is 7.06. The zero-order chi connectivity index (χ0) is 15.6. The van der Waals surface area contributed by atoms with Gasteiger partial charge in [-0.3, -0.25) is 9.59 Å². The molecule has 0 aromatic rings. The third-order valence-corrected chi connectivity index (χ3v) is 4.28. The number of hydrogen-bond acceptors (Lipinski definition) is 5. The fraction of sp³-hybridized carbons (Fsp3) is 0.733. The quantitative estimate of drug-likeness (QED) is 0.419. The van der Waals surface area contributed by atoms with E-state index in [2.05, 4.69) is 0 Å². The van der Waals surface area contributed by atoms with Crippen LogP contribution < -0.4 is 0 Å².